The van der Waals surface area contributed by atoms with Gasteiger partial charge in [0.05, 0.1) is 11.6 Å². The molecular weight excluding hydrogens is 436 g/mol. The first-order chi connectivity index (χ1) is 13.7. The first-order valence-corrected chi connectivity index (χ1v) is 10.5. The van der Waals surface area contributed by atoms with Gasteiger partial charge in [0.2, 0.25) is 0 Å². The molecule has 142 valence electrons. The second-order valence-corrected chi connectivity index (χ2v) is 8.17. The summed E-state index contributed by atoms with van der Waals surface area (Å²) in [4.78, 5) is 0. The highest BCUT2D eigenvalue weighted by molar-refractivity contribution is 9.10. The number of nitrogens with zero attached hydrogens (tertiary/aromatic N) is 1. The number of hydrogen-bond acceptors (Lipinski definition) is 5. The number of ether oxygens (including phenoxy) is 2. The molecule has 1 N–H and O–H groups in total. The maximum atomic E-state index is 6.03. The molecule has 0 aliphatic carbocycles. The molecular formula is C22H19BrN2O2S. The fourth-order valence-corrected chi connectivity index (χ4v) is 4.45. The Bertz CT molecular complexity index is 981. The molecule has 6 heteroatoms. The van der Waals surface area contributed by atoms with Crippen molar-refractivity contribution >= 4 is 32.7 Å². The number of benzene rings is 3. The Hall–Kier alpha value is -2.44. The zero-order chi connectivity index (χ0) is 19.3. The smallest absolute Gasteiger partial charge is 0.175 e. The van der Waals surface area contributed by atoms with E-state index in [4.69, 9.17) is 9.47 Å². The Kier molecular flexibility index (Phi) is 5.88. The number of nitrogens with one attached hydrogen (secondary N) is 1. The lowest BCUT2D eigenvalue weighted by atomic mass is 10.2. The normalized spacial score (nSPS) is 15.6. The van der Waals surface area contributed by atoms with Crippen molar-refractivity contribution in [1.29, 1.82) is 0 Å². The van der Waals surface area contributed by atoms with E-state index in [1.54, 1.807) is 18.9 Å². The van der Waals surface area contributed by atoms with Crippen molar-refractivity contribution in [2.45, 2.75) is 12.0 Å². The molecule has 0 fully saturated rings. The molecule has 4 rings (SSSR count). The first-order valence-electron chi connectivity index (χ1n) is 8.84. The number of halogens is 1. The van der Waals surface area contributed by atoms with Crippen LogP contribution in [0.15, 0.2) is 82.4 Å². The molecule has 3 aromatic carbocycles. The number of methoxy groups -OCH3 is 1. The lowest BCUT2D eigenvalue weighted by Crippen LogP contribution is -2.08. The topological polar surface area (TPSA) is 42.8 Å². The van der Waals surface area contributed by atoms with Gasteiger partial charge in [0.1, 0.15) is 17.0 Å². The second kappa shape index (κ2) is 8.71. The molecule has 0 spiro atoms. The van der Waals surface area contributed by atoms with Gasteiger partial charge in [-0.15, -0.1) is 0 Å². The lowest BCUT2D eigenvalue weighted by molar-refractivity contribution is 0.282. The Labute approximate surface area is 177 Å². The molecule has 0 bridgehead atoms. The highest BCUT2D eigenvalue weighted by Gasteiger charge is 2.24. The van der Waals surface area contributed by atoms with Crippen LogP contribution >= 0.6 is 27.7 Å². The summed E-state index contributed by atoms with van der Waals surface area (Å²) in [6, 6.07) is 24.3. The summed E-state index contributed by atoms with van der Waals surface area (Å²) in [7, 11) is 1.65. The Morgan fingerprint density at radius 1 is 1.04 bits per heavy atom. The number of hydrazone groups is 1. The van der Waals surface area contributed by atoms with Gasteiger partial charge in [0.15, 0.2) is 11.5 Å². The van der Waals surface area contributed by atoms with Crippen LogP contribution in [0.4, 0.5) is 0 Å². The van der Waals surface area contributed by atoms with Crippen LogP contribution < -0.4 is 14.9 Å². The van der Waals surface area contributed by atoms with Crippen LogP contribution in [0.3, 0.4) is 0 Å². The maximum Gasteiger partial charge on any atom is 0.175 e. The quantitative estimate of drug-likeness (QED) is 0.515. The van der Waals surface area contributed by atoms with Gasteiger partial charge in [0.25, 0.3) is 0 Å². The van der Waals surface area contributed by atoms with E-state index < -0.39 is 0 Å². The molecule has 1 atom stereocenters. The molecule has 3 aromatic rings. The minimum Gasteiger partial charge on any atom is -0.493 e. The van der Waals surface area contributed by atoms with Gasteiger partial charge in [-0.1, -0.05) is 72.4 Å². The average Bonchev–Trinajstić information content (AvgIpc) is 3.24. The first kappa shape index (κ1) is 18.9. The molecule has 0 radical (unpaired) electrons. The summed E-state index contributed by atoms with van der Waals surface area (Å²) < 4.78 is 12.5. The molecule has 0 unspecified atom stereocenters. The molecule has 1 aliphatic rings. The van der Waals surface area contributed by atoms with Gasteiger partial charge < -0.3 is 9.47 Å². The third-order valence-electron chi connectivity index (χ3n) is 4.31. The monoisotopic (exact) mass is 454 g/mol. The zero-order valence-electron chi connectivity index (χ0n) is 15.3. The van der Waals surface area contributed by atoms with E-state index in [0.717, 1.165) is 26.2 Å². The van der Waals surface area contributed by atoms with E-state index in [1.165, 1.54) is 0 Å². The van der Waals surface area contributed by atoms with Crippen molar-refractivity contribution in [1.82, 2.24) is 5.43 Å². The summed E-state index contributed by atoms with van der Waals surface area (Å²) in [5, 5.41) is 5.48. The van der Waals surface area contributed by atoms with Crippen LogP contribution in [0.25, 0.3) is 0 Å². The molecule has 1 heterocycles. The van der Waals surface area contributed by atoms with E-state index in [9.17, 15) is 0 Å². The Morgan fingerprint density at radius 3 is 2.46 bits per heavy atom. The van der Waals surface area contributed by atoms with Crippen LogP contribution in [0, 0.1) is 0 Å². The van der Waals surface area contributed by atoms with E-state index in [2.05, 4.69) is 44.7 Å². The SMILES string of the molecule is COc1cc([C@@H]2NN=C(c3ccccc3)S2)cc(Br)c1OCc1ccccc1. The van der Waals surface area contributed by atoms with Gasteiger partial charge in [-0.2, -0.15) is 5.10 Å². The van der Waals surface area contributed by atoms with Gasteiger partial charge in [0, 0.05) is 5.56 Å². The fourth-order valence-electron chi connectivity index (χ4n) is 2.90. The molecule has 0 saturated carbocycles. The average molecular weight is 455 g/mol. The second-order valence-electron chi connectivity index (χ2n) is 6.22. The third-order valence-corrected chi connectivity index (χ3v) is 6.07. The van der Waals surface area contributed by atoms with E-state index >= 15 is 0 Å². The van der Waals surface area contributed by atoms with Crippen molar-refractivity contribution in [3.63, 3.8) is 0 Å². The molecule has 4 nitrogen and oxygen atoms in total. The summed E-state index contributed by atoms with van der Waals surface area (Å²) in [5.74, 6) is 1.39. The summed E-state index contributed by atoms with van der Waals surface area (Å²) in [6.07, 6.45) is 0. The van der Waals surface area contributed by atoms with Crippen LogP contribution in [0.1, 0.15) is 22.1 Å². The standard InChI is InChI=1S/C22H19BrN2O2S/c1-26-19-13-17(22-25-24-21(28-22)16-10-6-3-7-11-16)12-18(23)20(19)27-14-15-8-4-2-5-9-15/h2-13,22,25H,14H2,1H3/t22-/m1/s1. The van der Waals surface area contributed by atoms with Crippen molar-refractivity contribution in [2.75, 3.05) is 7.11 Å². The molecule has 28 heavy (non-hydrogen) atoms. The number of thioether (sulfide) groups is 1. The Balaban J connectivity index is 1.51. The molecule has 0 aromatic heterocycles. The summed E-state index contributed by atoms with van der Waals surface area (Å²) in [6.45, 7) is 0.479. The summed E-state index contributed by atoms with van der Waals surface area (Å²) in [5.41, 5.74) is 6.49. The predicted molar refractivity (Wildman–Crippen MR) is 118 cm³/mol. The van der Waals surface area contributed by atoms with Crippen molar-refractivity contribution in [2.24, 2.45) is 5.10 Å². The molecule has 0 saturated heterocycles. The predicted octanol–water partition coefficient (Wildman–Crippen LogP) is 5.73. The largest absolute Gasteiger partial charge is 0.493 e. The van der Waals surface area contributed by atoms with E-state index in [1.807, 2.05) is 54.6 Å². The van der Waals surface area contributed by atoms with Crippen LogP contribution in [-0.2, 0) is 6.61 Å². The van der Waals surface area contributed by atoms with Gasteiger partial charge >= 0.3 is 0 Å². The van der Waals surface area contributed by atoms with Crippen molar-refractivity contribution in [3.8, 4) is 11.5 Å². The molecule has 0 amide bonds. The number of rotatable bonds is 6. The molecule has 1 aliphatic heterocycles. The number of hydrogen-bond donors (Lipinski definition) is 1. The van der Waals surface area contributed by atoms with Gasteiger partial charge in [-0.3, -0.25) is 5.43 Å². The van der Waals surface area contributed by atoms with Crippen LogP contribution in [0.2, 0.25) is 0 Å². The van der Waals surface area contributed by atoms with Crippen LogP contribution in [-0.4, -0.2) is 12.2 Å². The Morgan fingerprint density at radius 2 is 1.75 bits per heavy atom. The minimum atomic E-state index is 0.0172. The van der Waals surface area contributed by atoms with Crippen molar-refractivity contribution < 1.29 is 9.47 Å². The van der Waals surface area contributed by atoms with E-state index in [0.29, 0.717) is 18.1 Å². The minimum absolute atomic E-state index is 0.0172. The highest BCUT2D eigenvalue weighted by atomic mass is 79.9. The van der Waals surface area contributed by atoms with Gasteiger partial charge in [-0.25, -0.2) is 0 Å². The third kappa shape index (κ3) is 4.18. The van der Waals surface area contributed by atoms with E-state index in [-0.39, 0.29) is 5.37 Å². The summed E-state index contributed by atoms with van der Waals surface area (Å²) >= 11 is 5.32. The highest BCUT2D eigenvalue weighted by Crippen LogP contribution is 2.42. The zero-order valence-corrected chi connectivity index (χ0v) is 17.7. The van der Waals surface area contributed by atoms with Crippen LogP contribution in [0.5, 0.6) is 11.5 Å². The van der Waals surface area contributed by atoms with Crippen molar-refractivity contribution in [3.05, 3.63) is 94.0 Å². The fraction of sp³-hybridized carbons (Fsp3) is 0.136. The van der Waals surface area contributed by atoms with Gasteiger partial charge in [-0.05, 0) is 39.2 Å². The lowest BCUT2D eigenvalue weighted by Gasteiger charge is -2.17. The maximum absolute atomic E-state index is 6.03.